The van der Waals surface area contributed by atoms with Gasteiger partial charge >= 0.3 is 0 Å². The van der Waals surface area contributed by atoms with Crippen LogP contribution in [0.1, 0.15) is 13.3 Å². The van der Waals surface area contributed by atoms with Crippen molar-refractivity contribution in [2.75, 3.05) is 11.9 Å². The third-order valence-corrected chi connectivity index (χ3v) is 3.29. The van der Waals surface area contributed by atoms with Crippen molar-refractivity contribution in [3.8, 4) is 0 Å². The molecule has 1 unspecified atom stereocenters. The van der Waals surface area contributed by atoms with E-state index in [9.17, 15) is 5.11 Å². The van der Waals surface area contributed by atoms with Crippen LogP contribution in [0.3, 0.4) is 0 Å². The average Bonchev–Trinajstić information content (AvgIpc) is 1.84. The molecule has 1 aliphatic heterocycles. The van der Waals surface area contributed by atoms with E-state index >= 15 is 0 Å². The molecule has 0 aromatic rings. The van der Waals surface area contributed by atoms with Crippen molar-refractivity contribution < 1.29 is 9.84 Å². The van der Waals surface area contributed by atoms with Crippen molar-refractivity contribution in [1.82, 2.24) is 0 Å². The highest BCUT2D eigenvalue weighted by molar-refractivity contribution is 9.09. The van der Waals surface area contributed by atoms with Crippen molar-refractivity contribution in [2.24, 2.45) is 0 Å². The van der Waals surface area contributed by atoms with Gasteiger partial charge in [-0.2, -0.15) is 0 Å². The van der Waals surface area contributed by atoms with E-state index in [0.29, 0.717) is 17.0 Å². The Labute approximate surface area is 79.3 Å². The normalized spacial score (nSPS) is 26.5. The zero-order valence-electron chi connectivity index (χ0n) is 6.23. The van der Waals surface area contributed by atoms with E-state index in [2.05, 4.69) is 15.9 Å². The van der Waals surface area contributed by atoms with Crippen LogP contribution in [0.25, 0.3) is 0 Å². The first-order valence-corrected chi connectivity index (χ1v) is 4.88. The van der Waals surface area contributed by atoms with Crippen molar-refractivity contribution in [3.63, 3.8) is 0 Å². The first-order chi connectivity index (χ1) is 5.08. The molecule has 0 amide bonds. The number of alkyl halides is 1. The Kier molecular flexibility index (Phi) is 2.84. The van der Waals surface area contributed by atoms with Gasteiger partial charge in [0.25, 0.3) is 0 Å². The summed E-state index contributed by atoms with van der Waals surface area (Å²) >= 11 is 9.02. The van der Waals surface area contributed by atoms with Crippen molar-refractivity contribution in [3.05, 3.63) is 10.8 Å². The zero-order valence-corrected chi connectivity index (χ0v) is 8.57. The smallest absolute Gasteiger partial charge is 0.117 e. The van der Waals surface area contributed by atoms with Gasteiger partial charge in [0.1, 0.15) is 11.4 Å². The largest absolute Gasteiger partial charge is 0.496 e. The average molecular weight is 242 g/mol. The summed E-state index contributed by atoms with van der Waals surface area (Å²) in [7, 11) is 0. The summed E-state index contributed by atoms with van der Waals surface area (Å²) in [5.41, 5.74) is -0.989. The quantitative estimate of drug-likeness (QED) is 0.750. The summed E-state index contributed by atoms with van der Waals surface area (Å²) < 4.78 is 5.05. The van der Waals surface area contributed by atoms with Crippen LogP contribution in [-0.2, 0) is 4.74 Å². The summed E-state index contributed by atoms with van der Waals surface area (Å²) in [6.07, 6.45) is 0.835. The molecule has 0 radical (unpaired) electrons. The third-order valence-electron chi connectivity index (χ3n) is 1.58. The van der Waals surface area contributed by atoms with E-state index in [4.69, 9.17) is 16.3 Å². The van der Waals surface area contributed by atoms with E-state index in [1.54, 1.807) is 6.92 Å². The highest BCUT2D eigenvalue weighted by Gasteiger charge is 2.29. The minimum absolute atomic E-state index is 0.417. The number of hydrogen-bond acceptors (Lipinski definition) is 2. The van der Waals surface area contributed by atoms with Gasteiger partial charge in [0.15, 0.2) is 0 Å². The van der Waals surface area contributed by atoms with E-state index < -0.39 is 5.60 Å². The Balaban J connectivity index is 2.72. The lowest BCUT2D eigenvalue weighted by Gasteiger charge is -2.27. The van der Waals surface area contributed by atoms with Crippen LogP contribution in [0.2, 0.25) is 0 Å². The molecule has 0 spiro atoms. The predicted molar refractivity (Wildman–Crippen MR) is 47.9 cm³/mol. The lowest BCUT2D eigenvalue weighted by Crippen LogP contribution is -2.29. The van der Waals surface area contributed by atoms with E-state index in [1.807, 2.05) is 0 Å². The van der Waals surface area contributed by atoms with Crippen molar-refractivity contribution in [1.29, 1.82) is 0 Å². The number of hydrogen-bond donors (Lipinski definition) is 1. The Morgan fingerprint density at radius 1 is 1.91 bits per heavy atom. The number of aliphatic hydroxyl groups is 1. The molecule has 1 atom stereocenters. The molecular formula is C7H10BrClO2. The summed E-state index contributed by atoms with van der Waals surface area (Å²) in [6.45, 7) is 2.36. The SMILES string of the molecule is CC(O)(CBr)/C(Cl)=C1\CCO1. The predicted octanol–water partition coefficient (Wildman–Crippen LogP) is 2.00. The Morgan fingerprint density at radius 2 is 2.45 bits per heavy atom. The first-order valence-electron chi connectivity index (χ1n) is 3.38. The zero-order chi connectivity index (χ0) is 8.48. The molecule has 1 aliphatic rings. The summed E-state index contributed by atoms with van der Waals surface area (Å²) in [5, 5.41) is 10.5. The molecule has 1 fully saturated rings. The number of ether oxygens (including phenoxy) is 1. The van der Waals surface area contributed by atoms with E-state index in [0.717, 1.165) is 12.2 Å². The van der Waals surface area contributed by atoms with Crippen LogP contribution >= 0.6 is 27.5 Å². The summed E-state index contributed by atoms with van der Waals surface area (Å²) in [5.74, 6) is 0.719. The second kappa shape index (κ2) is 3.33. The third kappa shape index (κ3) is 1.89. The maximum atomic E-state index is 9.61. The van der Waals surface area contributed by atoms with Crippen molar-refractivity contribution >= 4 is 27.5 Å². The summed E-state index contributed by atoms with van der Waals surface area (Å²) in [4.78, 5) is 0. The van der Waals surface area contributed by atoms with Crippen LogP contribution in [0.4, 0.5) is 0 Å². The molecule has 1 N–H and O–H groups in total. The maximum absolute atomic E-state index is 9.61. The van der Waals surface area contributed by atoms with Crippen LogP contribution < -0.4 is 0 Å². The molecule has 11 heavy (non-hydrogen) atoms. The number of rotatable bonds is 2. The van der Waals surface area contributed by atoms with Gasteiger partial charge in [-0.15, -0.1) is 0 Å². The van der Waals surface area contributed by atoms with E-state index in [-0.39, 0.29) is 0 Å². The molecule has 1 rings (SSSR count). The fourth-order valence-corrected chi connectivity index (χ4v) is 1.39. The Morgan fingerprint density at radius 3 is 2.73 bits per heavy atom. The van der Waals surface area contributed by atoms with Gasteiger partial charge in [-0.3, -0.25) is 0 Å². The molecule has 0 aliphatic carbocycles. The Hall–Kier alpha value is 0.270. The molecular weight excluding hydrogens is 231 g/mol. The maximum Gasteiger partial charge on any atom is 0.117 e. The monoisotopic (exact) mass is 240 g/mol. The lowest BCUT2D eigenvalue weighted by molar-refractivity contribution is 0.0868. The first kappa shape index (κ1) is 9.36. The van der Waals surface area contributed by atoms with Crippen LogP contribution in [0, 0.1) is 0 Å². The molecule has 0 aromatic carbocycles. The van der Waals surface area contributed by atoms with Gasteiger partial charge in [-0.25, -0.2) is 0 Å². The standard InChI is InChI=1S/C7H10BrClO2/c1-7(10,4-8)6(9)5-2-3-11-5/h10H,2-4H2,1H3/b6-5-. The van der Waals surface area contributed by atoms with E-state index in [1.165, 1.54) is 0 Å². The van der Waals surface area contributed by atoms with Gasteiger partial charge in [-0.05, 0) is 6.92 Å². The minimum Gasteiger partial charge on any atom is -0.496 e. The molecule has 1 heterocycles. The van der Waals surface area contributed by atoms with Gasteiger partial charge in [0.05, 0.1) is 11.6 Å². The minimum atomic E-state index is -0.989. The second-order valence-electron chi connectivity index (χ2n) is 2.74. The summed E-state index contributed by atoms with van der Waals surface area (Å²) in [6, 6.07) is 0. The van der Waals surface area contributed by atoms with Gasteiger partial charge in [0, 0.05) is 11.8 Å². The van der Waals surface area contributed by atoms with Gasteiger partial charge < -0.3 is 9.84 Å². The highest BCUT2D eigenvalue weighted by Crippen LogP contribution is 2.31. The lowest BCUT2D eigenvalue weighted by atomic mass is 10.1. The Bertz CT molecular complexity index is 183. The molecule has 2 nitrogen and oxygen atoms in total. The van der Waals surface area contributed by atoms with Crippen LogP contribution in [0.5, 0.6) is 0 Å². The van der Waals surface area contributed by atoms with Crippen LogP contribution in [-0.4, -0.2) is 22.6 Å². The molecule has 1 saturated heterocycles. The molecule has 0 bridgehead atoms. The molecule has 4 heteroatoms. The van der Waals surface area contributed by atoms with Crippen molar-refractivity contribution in [2.45, 2.75) is 18.9 Å². The fraction of sp³-hybridized carbons (Fsp3) is 0.714. The second-order valence-corrected chi connectivity index (χ2v) is 3.68. The molecule has 64 valence electrons. The van der Waals surface area contributed by atoms with Gasteiger partial charge in [-0.1, -0.05) is 27.5 Å². The highest BCUT2D eigenvalue weighted by atomic mass is 79.9. The topological polar surface area (TPSA) is 29.5 Å². The fourth-order valence-electron chi connectivity index (χ4n) is 0.736. The molecule has 0 saturated carbocycles. The van der Waals surface area contributed by atoms with Crippen LogP contribution in [0.15, 0.2) is 10.8 Å². The number of halogens is 2. The van der Waals surface area contributed by atoms with Gasteiger partial charge in [0.2, 0.25) is 0 Å². The molecule has 0 aromatic heterocycles.